The van der Waals surface area contributed by atoms with E-state index in [0.717, 1.165) is 16.1 Å². The van der Waals surface area contributed by atoms with Crippen molar-refractivity contribution in [2.45, 2.75) is 32.9 Å². The summed E-state index contributed by atoms with van der Waals surface area (Å²) < 4.78 is 31.5. The first-order chi connectivity index (χ1) is 15.2. The van der Waals surface area contributed by atoms with E-state index in [1.54, 1.807) is 31.2 Å². The average Bonchev–Trinajstić information content (AvgIpc) is 2.77. The van der Waals surface area contributed by atoms with E-state index in [1.165, 1.54) is 12.0 Å². The van der Waals surface area contributed by atoms with Crippen molar-refractivity contribution in [1.82, 2.24) is 10.2 Å². The van der Waals surface area contributed by atoms with Gasteiger partial charge in [0, 0.05) is 13.1 Å². The molecule has 0 spiro atoms. The standard InChI is InChI=1S/C23H31N3O5S/c1-5-19(23(28)24-6-2)25(16-18-12-8-7-9-13-18)22(27)17-26(32(4,29)30)20-14-10-11-15-21(20)31-3/h7-15,19H,5-6,16-17H2,1-4H3,(H,24,28)/t19-/m1/s1. The molecule has 0 unspecified atom stereocenters. The molecular weight excluding hydrogens is 430 g/mol. The number of amides is 2. The van der Waals surface area contributed by atoms with Crippen molar-refractivity contribution in [1.29, 1.82) is 0 Å². The molecular formula is C23H31N3O5S. The Balaban J connectivity index is 2.44. The summed E-state index contributed by atoms with van der Waals surface area (Å²) in [6.45, 7) is 3.78. The van der Waals surface area contributed by atoms with E-state index in [-0.39, 0.29) is 18.1 Å². The number of likely N-dealkylation sites (N-methyl/N-ethyl adjacent to an activating group) is 1. The van der Waals surface area contributed by atoms with Crippen LogP contribution in [0.1, 0.15) is 25.8 Å². The fourth-order valence-corrected chi connectivity index (χ4v) is 4.28. The molecule has 0 aliphatic heterocycles. The molecule has 0 radical (unpaired) electrons. The third-order valence-corrected chi connectivity index (χ3v) is 6.09. The molecule has 9 heteroatoms. The van der Waals surface area contributed by atoms with E-state index < -0.39 is 28.5 Å². The van der Waals surface area contributed by atoms with Gasteiger partial charge in [-0.1, -0.05) is 49.4 Å². The Morgan fingerprint density at radius 1 is 1.03 bits per heavy atom. The highest BCUT2D eigenvalue weighted by Gasteiger charge is 2.32. The summed E-state index contributed by atoms with van der Waals surface area (Å²) in [6, 6.07) is 15.1. The van der Waals surface area contributed by atoms with Crippen molar-refractivity contribution < 1.29 is 22.7 Å². The van der Waals surface area contributed by atoms with Crippen LogP contribution >= 0.6 is 0 Å². The minimum absolute atomic E-state index is 0.179. The van der Waals surface area contributed by atoms with Gasteiger partial charge in [-0.05, 0) is 31.0 Å². The van der Waals surface area contributed by atoms with Gasteiger partial charge in [-0.15, -0.1) is 0 Å². The predicted octanol–water partition coefficient (Wildman–Crippen LogP) is 2.40. The molecule has 32 heavy (non-hydrogen) atoms. The number of ether oxygens (including phenoxy) is 1. The number of nitrogens with one attached hydrogen (secondary N) is 1. The molecule has 0 aromatic heterocycles. The Labute approximate surface area is 190 Å². The first-order valence-corrected chi connectivity index (χ1v) is 12.3. The third-order valence-electron chi connectivity index (χ3n) is 4.97. The zero-order chi connectivity index (χ0) is 23.7. The lowest BCUT2D eigenvalue weighted by atomic mass is 10.1. The van der Waals surface area contributed by atoms with Crippen LogP contribution in [0, 0.1) is 0 Å². The Hall–Kier alpha value is -3.07. The lowest BCUT2D eigenvalue weighted by Crippen LogP contribution is -2.52. The minimum atomic E-state index is -3.81. The van der Waals surface area contributed by atoms with Crippen molar-refractivity contribution in [2.24, 2.45) is 0 Å². The number of nitrogens with zero attached hydrogens (tertiary/aromatic N) is 2. The fraction of sp³-hybridized carbons (Fsp3) is 0.391. The summed E-state index contributed by atoms with van der Waals surface area (Å²) >= 11 is 0. The van der Waals surface area contributed by atoms with Crippen LogP contribution in [-0.2, 0) is 26.2 Å². The van der Waals surface area contributed by atoms with E-state index in [1.807, 2.05) is 37.3 Å². The predicted molar refractivity (Wildman–Crippen MR) is 125 cm³/mol. The van der Waals surface area contributed by atoms with Crippen molar-refractivity contribution in [3.8, 4) is 5.75 Å². The molecule has 1 N–H and O–H groups in total. The summed E-state index contributed by atoms with van der Waals surface area (Å²) in [5.41, 5.74) is 1.10. The number of hydrogen-bond acceptors (Lipinski definition) is 5. The van der Waals surface area contributed by atoms with Crippen molar-refractivity contribution in [3.05, 3.63) is 60.2 Å². The Morgan fingerprint density at radius 3 is 2.22 bits per heavy atom. The maximum Gasteiger partial charge on any atom is 0.244 e. The van der Waals surface area contributed by atoms with Crippen LogP contribution < -0.4 is 14.4 Å². The van der Waals surface area contributed by atoms with Gasteiger partial charge in [0.05, 0.1) is 19.1 Å². The summed E-state index contributed by atoms with van der Waals surface area (Å²) in [7, 11) is -2.37. The van der Waals surface area contributed by atoms with Gasteiger partial charge in [-0.25, -0.2) is 8.42 Å². The summed E-state index contributed by atoms with van der Waals surface area (Å²) in [6.07, 6.45) is 1.42. The van der Waals surface area contributed by atoms with E-state index in [4.69, 9.17) is 4.74 Å². The lowest BCUT2D eigenvalue weighted by molar-refractivity contribution is -0.140. The number of rotatable bonds is 11. The SMILES string of the molecule is CCNC(=O)[C@@H](CC)N(Cc1ccccc1)C(=O)CN(c1ccccc1OC)S(C)(=O)=O. The molecule has 2 amide bonds. The largest absolute Gasteiger partial charge is 0.495 e. The number of anilines is 1. The quantitative estimate of drug-likeness (QED) is 0.554. The van der Waals surface area contributed by atoms with Gasteiger partial charge >= 0.3 is 0 Å². The van der Waals surface area contributed by atoms with Crippen LogP contribution in [-0.4, -0.2) is 57.6 Å². The van der Waals surface area contributed by atoms with Crippen molar-refractivity contribution in [3.63, 3.8) is 0 Å². The molecule has 1 atom stereocenters. The molecule has 0 aliphatic rings. The highest BCUT2D eigenvalue weighted by molar-refractivity contribution is 7.92. The Morgan fingerprint density at radius 2 is 1.66 bits per heavy atom. The van der Waals surface area contributed by atoms with Crippen LogP contribution in [0.3, 0.4) is 0 Å². The van der Waals surface area contributed by atoms with E-state index in [2.05, 4.69) is 5.32 Å². The Bertz CT molecular complexity index is 1010. The van der Waals surface area contributed by atoms with Crippen molar-refractivity contribution >= 4 is 27.5 Å². The molecule has 2 aromatic carbocycles. The first-order valence-electron chi connectivity index (χ1n) is 10.4. The molecule has 0 bridgehead atoms. The Kier molecular flexibility index (Phi) is 9.07. The minimum Gasteiger partial charge on any atom is -0.495 e. The van der Waals surface area contributed by atoms with Gasteiger partial charge in [0.15, 0.2) is 0 Å². The number of carbonyl (C=O) groups is 2. The molecule has 174 valence electrons. The summed E-state index contributed by atoms with van der Waals surface area (Å²) in [5, 5.41) is 2.77. The molecule has 2 rings (SSSR count). The zero-order valence-corrected chi connectivity index (χ0v) is 19.8. The second-order valence-corrected chi connectivity index (χ2v) is 9.17. The van der Waals surface area contributed by atoms with Gasteiger partial charge in [0.1, 0.15) is 18.3 Å². The van der Waals surface area contributed by atoms with Gasteiger partial charge in [0.2, 0.25) is 21.8 Å². The number of para-hydroxylation sites is 2. The monoisotopic (exact) mass is 461 g/mol. The number of carbonyl (C=O) groups excluding carboxylic acids is 2. The number of hydrogen-bond donors (Lipinski definition) is 1. The van der Waals surface area contributed by atoms with Gasteiger partial charge < -0.3 is 15.0 Å². The molecule has 2 aromatic rings. The highest BCUT2D eigenvalue weighted by Crippen LogP contribution is 2.29. The van der Waals surface area contributed by atoms with Crippen molar-refractivity contribution in [2.75, 3.05) is 30.8 Å². The van der Waals surface area contributed by atoms with Gasteiger partial charge in [0.25, 0.3) is 0 Å². The van der Waals surface area contributed by atoms with E-state index in [0.29, 0.717) is 18.7 Å². The van der Waals surface area contributed by atoms with E-state index in [9.17, 15) is 18.0 Å². The number of sulfonamides is 1. The first kappa shape index (κ1) is 25.2. The molecule has 0 fully saturated rings. The second-order valence-electron chi connectivity index (χ2n) is 7.27. The van der Waals surface area contributed by atoms with E-state index >= 15 is 0 Å². The molecule has 0 aliphatic carbocycles. The van der Waals surface area contributed by atoms with Crippen LogP contribution in [0.15, 0.2) is 54.6 Å². The third kappa shape index (κ3) is 6.46. The maximum absolute atomic E-state index is 13.5. The van der Waals surface area contributed by atoms with Gasteiger partial charge in [-0.2, -0.15) is 0 Å². The smallest absolute Gasteiger partial charge is 0.244 e. The maximum atomic E-state index is 13.5. The lowest BCUT2D eigenvalue weighted by Gasteiger charge is -2.33. The second kappa shape index (κ2) is 11.5. The number of benzene rings is 2. The summed E-state index contributed by atoms with van der Waals surface area (Å²) in [5.74, 6) is -0.429. The topological polar surface area (TPSA) is 96.0 Å². The zero-order valence-electron chi connectivity index (χ0n) is 18.9. The molecule has 0 saturated carbocycles. The van der Waals surface area contributed by atoms with Crippen LogP contribution in [0.4, 0.5) is 5.69 Å². The van der Waals surface area contributed by atoms with Gasteiger partial charge in [-0.3, -0.25) is 13.9 Å². The van der Waals surface area contributed by atoms with Crippen LogP contribution in [0.2, 0.25) is 0 Å². The molecule has 8 nitrogen and oxygen atoms in total. The van der Waals surface area contributed by atoms with Crippen LogP contribution in [0.5, 0.6) is 5.75 Å². The normalized spacial score (nSPS) is 12.0. The summed E-state index contributed by atoms with van der Waals surface area (Å²) in [4.78, 5) is 27.6. The highest BCUT2D eigenvalue weighted by atomic mass is 32.2. The molecule has 0 heterocycles. The average molecular weight is 462 g/mol. The van der Waals surface area contributed by atoms with Crippen LogP contribution in [0.25, 0.3) is 0 Å². The fourth-order valence-electron chi connectivity index (χ4n) is 3.42. The molecule has 0 saturated heterocycles. The number of methoxy groups -OCH3 is 1.